The van der Waals surface area contributed by atoms with Gasteiger partial charge < -0.3 is 9.64 Å². The lowest BCUT2D eigenvalue weighted by atomic mass is 10.1. The highest BCUT2D eigenvalue weighted by atomic mass is 19.1. The smallest absolute Gasteiger partial charge is 0.272 e. The lowest BCUT2D eigenvalue weighted by Crippen LogP contribution is -2.39. The quantitative estimate of drug-likeness (QED) is 0.927. The first kappa shape index (κ1) is 14.7. The molecular weight excluding hydrogens is 285 g/mol. The molecule has 1 aliphatic rings. The fourth-order valence-corrected chi connectivity index (χ4v) is 2.55. The summed E-state index contributed by atoms with van der Waals surface area (Å²) < 4.78 is 18.4. The maximum atomic E-state index is 13.0. The molecule has 1 atom stereocenters. The van der Waals surface area contributed by atoms with Gasteiger partial charge in [-0.2, -0.15) is 5.10 Å². The normalized spacial score (nSPS) is 19.0. The zero-order valence-corrected chi connectivity index (χ0v) is 12.4. The lowest BCUT2D eigenvalue weighted by molar-refractivity contribution is 0.0681. The van der Waals surface area contributed by atoms with Crippen molar-refractivity contribution in [2.45, 2.75) is 19.4 Å². The highest BCUT2D eigenvalue weighted by Gasteiger charge is 2.24. The van der Waals surface area contributed by atoms with Crippen LogP contribution in [0.4, 0.5) is 4.39 Å². The van der Waals surface area contributed by atoms with Gasteiger partial charge in [-0.3, -0.25) is 9.89 Å². The highest BCUT2D eigenvalue weighted by molar-refractivity contribution is 5.93. The van der Waals surface area contributed by atoms with Gasteiger partial charge >= 0.3 is 0 Å². The number of amides is 1. The highest BCUT2D eigenvalue weighted by Crippen LogP contribution is 2.20. The van der Waals surface area contributed by atoms with Crippen LogP contribution in [-0.4, -0.2) is 46.8 Å². The van der Waals surface area contributed by atoms with Crippen LogP contribution in [0.2, 0.25) is 0 Å². The monoisotopic (exact) mass is 303 g/mol. The standard InChI is InChI=1S/C16H18FN3O2/c1-11-6-8-22-9-7-20(11)16(21)15-10-14(18-19-15)12-2-4-13(17)5-3-12/h2-5,10-11H,6-9H2,1H3,(H,18,19). The maximum absolute atomic E-state index is 13.0. The van der Waals surface area contributed by atoms with Crippen molar-refractivity contribution in [1.29, 1.82) is 0 Å². The van der Waals surface area contributed by atoms with E-state index in [0.717, 1.165) is 12.0 Å². The van der Waals surface area contributed by atoms with E-state index in [0.29, 0.717) is 31.1 Å². The molecule has 1 aliphatic heterocycles. The zero-order valence-electron chi connectivity index (χ0n) is 12.4. The van der Waals surface area contributed by atoms with Crippen molar-refractivity contribution >= 4 is 5.91 Å². The van der Waals surface area contributed by atoms with Crippen LogP contribution in [0.25, 0.3) is 11.3 Å². The second kappa shape index (κ2) is 6.27. The molecular formula is C16H18FN3O2. The maximum Gasteiger partial charge on any atom is 0.272 e. The van der Waals surface area contributed by atoms with Gasteiger partial charge in [0.05, 0.1) is 12.3 Å². The summed E-state index contributed by atoms with van der Waals surface area (Å²) in [5.74, 6) is -0.382. The fourth-order valence-electron chi connectivity index (χ4n) is 2.55. The largest absolute Gasteiger partial charge is 0.380 e. The van der Waals surface area contributed by atoms with Crippen LogP contribution in [0.3, 0.4) is 0 Å². The molecule has 116 valence electrons. The predicted molar refractivity (Wildman–Crippen MR) is 79.9 cm³/mol. The molecule has 5 nitrogen and oxygen atoms in total. The Morgan fingerprint density at radius 2 is 2.14 bits per heavy atom. The Kier molecular flexibility index (Phi) is 4.20. The van der Waals surface area contributed by atoms with Crippen LogP contribution in [0, 0.1) is 5.82 Å². The molecule has 0 radical (unpaired) electrons. The van der Waals surface area contributed by atoms with Gasteiger partial charge in [0.15, 0.2) is 0 Å². The van der Waals surface area contributed by atoms with Crippen molar-refractivity contribution in [3.63, 3.8) is 0 Å². The van der Waals surface area contributed by atoms with E-state index >= 15 is 0 Å². The number of nitrogens with zero attached hydrogens (tertiary/aromatic N) is 2. The first-order chi connectivity index (χ1) is 10.6. The topological polar surface area (TPSA) is 58.2 Å². The van der Waals surface area contributed by atoms with Crippen LogP contribution in [-0.2, 0) is 4.74 Å². The first-order valence-electron chi connectivity index (χ1n) is 7.35. The summed E-state index contributed by atoms with van der Waals surface area (Å²) in [5, 5.41) is 6.94. The Hall–Kier alpha value is -2.21. The number of rotatable bonds is 2. The SMILES string of the molecule is CC1CCOCCN1C(=O)c1cc(-c2ccc(F)cc2)n[nH]1. The van der Waals surface area contributed by atoms with E-state index in [9.17, 15) is 9.18 Å². The number of nitrogens with one attached hydrogen (secondary N) is 1. The molecule has 6 heteroatoms. The molecule has 0 saturated carbocycles. The number of aromatic amines is 1. The van der Waals surface area contributed by atoms with Gasteiger partial charge in [0.1, 0.15) is 11.5 Å². The van der Waals surface area contributed by atoms with Crippen molar-refractivity contribution in [3.8, 4) is 11.3 Å². The van der Waals surface area contributed by atoms with Crippen molar-refractivity contribution in [2.75, 3.05) is 19.8 Å². The molecule has 1 saturated heterocycles. The van der Waals surface area contributed by atoms with Crippen LogP contribution in [0.5, 0.6) is 0 Å². The average molecular weight is 303 g/mol. The van der Waals surface area contributed by atoms with Crippen molar-refractivity contribution in [2.24, 2.45) is 0 Å². The van der Waals surface area contributed by atoms with Crippen molar-refractivity contribution in [3.05, 3.63) is 41.8 Å². The van der Waals surface area contributed by atoms with Gasteiger partial charge in [-0.25, -0.2) is 4.39 Å². The number of benzene rings is 1. The van der Waals surface area contributed by atoms with E-state index in [1.54, 1.807) is 23.1 Å². The van der Waals surface area contributed by atoms with Crippen LogP contribution >= 0.6 is 0 Å². The Morgan fingerprint density at radius 3 is 2.91 bits per heavy atom. The molecule has 2 aromatic rings. The predicted octanol–water partition coefficient (Wildman–Crippen LogP) is 2.47. The minimum Gasteiger partial charge on any atom is -0.380 e. The summed E-state index contributed by atoms with van der Waals surface area (Å²) in [6.45, 7) is 3.82. The average Bonchev–Trinajstić information content (AvgIpc) is 2.91. The molecule has 3 rings (SSSR count). The molecule has 1 aromatic heterocycles. The second-order valence-electron chi connectivity index (χ2n) is 5.42. The number of H-pyrrole nitrogens is 1. The fraction of sp³-hybridized carbons (Fsp3) is 0.375. The molecule has 1 N–H and O–H groups in total. The minimum atomic E-state index is -0.297. The number of halogens is 1. The van der Waals surface area contributed by atoms with Crippen LogP contribution in [0.15, 0.2) is 30.3 Å². The van der Waals surface area contributed by atoms with E-state index in [-0.39, 0.29) is 17.8 Å². The summed E-state index contributed by atoms with van der Waals surface area (Å²) in [7, 11) is 0. The molecule has 1 aromatic carbocycles. The van der Waals surface area contributed by atoms with E-state index in [4.69, 9.17) is 4.74 Å². The molecule has 1 amide bonds. The minimum absolute atomic E-state index is 0.0844. The number of ether oxygens (including phenoxy) is 1. The summed E-state index contributed by atoms with van der Waals surface area (Å²) in [5.41, 5.74) is 1.83. The van der Waals surface area contributed by atoms with Gasteiger partial charge in [-0.15, -0.1) is 0 Å². The number of aromatic nitrogens is 2. The third-order valence-corrected chi connectivity index (χ3v) is 3.90. The third-order valence-electron chi connectivity index (χ3n) is 3.90. The third kappa shape index (κ3) is 3.01. The number of carbonyl (C=O) groups excluding carboxylic acids is 1. The number of carbonyl (C=O) groups is 1. The molecule has 1 fully saturated rings. The van der Waals surface area contributed by atoms with Gasteiger partial charge in [0, 0.05) is 24.8 Å². The Morgan fingerprint density at radius 1 is 1.36 bits per heavy atom. The van der Waals surface area contributed by atoms with E-state index in [1.165, 1.54) is 12.1 Å². The molecule has 2 heterocycles. The van der Waals surface area contributed by atoms with Crippen LogP contribution < -0.4 is 0 Å². The Bertz CT molecular complexity index is 654. The summed E-state index contributed by atoms with van der Waals surface area (Å²) >= 11 is 0. The van der Waals surface area contributed by atoms with Gasteiger partial charge in [0.2, 0.25) is 0 Å². The summed E-state index contributed by atoms with van der Waals surface area (Å²) in [6, 6.07) is 7.87. The number of hydrogen-bond donors (Lipinski definition) is 1. The lowest BCUT2D eigenvalue weighted by Gasteiger charge is -2.25. The van der Waals surface area contributed by atoms with Gasteiger partial charge in [-0.1, -0.05) is 0 Å². The molecule has 22 heavy (non-hydrogen) atoms. The van der Waals surface area contributed by atoms with Gasteiger partial charge in [0.25, 0.3) is 5.91 Å². The first-order valence-corrected chi connectivity index (χ1v) is 7.35. The summed E-state index contributed by atoms with van der Waals surface area (Å²) in [6.07, 6.45) is 0.824. The molecule has 0 aliphatic carbocycles. The van der Waals surface area contributed by atoms with E-state index in [1.807, 2.05) is 6.92 Å². The summed E-state index contributed by atoms with van der Waals surface area (Å²) in [4.78, 5) is 14.4. The Balaban J connectivity index is 1.80. The molecule has 1 unspecified atom stereocenters. The van der Waals surface area contributed by atoms with Gasteiger partial charge in [-0.05, 0) is 43.7 Å². The second-order valence-corrected chi connectivity index (χ2v) is 5.42. The van der Waals surface area contributed by atoms with Crippen LogP contribution in [0.1, 0.15) is 23.8 Å². The van der Waals surface area contributed by atoms with Crippen molar-refractivity contribution in [1.82, 2.24) is 15.1 Å². The van der Waals surface area contributed by atoms with Crippen molar-refractivity contribution < 1.29 is 13.9 Å². The van der Waals surface area contributed by atoms with E-state index in [2.05, 4.69) is 10.2 Å². The molecule has 0 spiro atoms. The zero-order chi connectivity index (χ0) is 15.5. The number of hydrogen-bond acceptors (Lipinski definition) is 3. The van der Waals surface area contributed by atoms with E-state index < -0.39 is 0 Å². The Labute approximate surface area is 128 Å². The molecule has 0 bridgehead atoms.